The van der Waals surface area contributed by atoms with Gasteiger partial charge in [-0.15, -0.1) is 11.3 Å². The van der Waals surface area contributed by atoms with E-state index in [0.717, 1.165) is 31.6 Å². The van der Waals surface area contributed by atoms with Crippen LogP contribution in [0.15, 0.2) is 84.9 Å². The number of phenols is 1. The van der Waals surface area contributed by atoms with Crippen molar-refractivity contribution >= 4 is 43.9 Å². The smallest absolute Gasteiger partial charge is 0.228 e. The van der Waals surface area contributed by atoms with Crippen molar-refractivity contribution < 1.29 is 9.90 Å². The number of carbonyl (C=O) groups excluding carboxylic acids is 1. The minimum Gasteiger partial charge on any atom is -0.507 e. The average molecular weight is 410 g/mol. The molecule has 0 unspecified atom stereocenters. The predicted molar refractivity (Wildman–Crippen MR) is 123 cm³/mol. The predicted octanol–water partition coefficient (Wildman–Crippen LogP) is 6.00. The molecular weight excluding hydrogens is 392 g/mol. The first-order chi connectivity index (χ1) is 14.7. The molecule has 0 bridgehead atoms. The molecule has 1 amide bonds. The zero-order valence-electron chi connectivity index (χ0n) is 16.0. The molecule has 4 aromatic carbocycles. The minimum absolute atomic E-state index is 0.104. The quantitative estimate of drug-likeness (QED) is 0.357. The van der Waals surface area contributed by atoms with Gasteiger partial charge in [0.15, 0.2) is 0 Å². The molecule has 1 heterocycles. The molecule has 5 aromatic rings. The lowest BCUT2D eigenvalue weighted by Crippen LogP contribution is -2.14. The van der Waals surface area contributed by atoms with Crippen LogP contribution in [0.5, 0.6) is 5.75 Å². The van der Waals surface area contributed by atoms with Gasteiger partial charge in [-0.25, -0.2) is 4.98 Å². The second kappa shape index (κ2) is 7.61. The number of aromatic nitrogens is 1. The number of carbonyl (C=O) groups is 1. The Morgan fingerprint density at radius 3 is 2.63 bits per heavy atom. The Morgan fingerprint density at radius 1 is 0.933 bits per heavy atom. The Hall–Kier alpha value is -3.70. The van der Waals surface area contributed by atoms with Crippen LogP contribution >= 0.6 is 11.3 Å². The van der Waals surface area contributed by atoms with E-state index in [1.54, 1.807) is 18.2 Å². The Balaban J connectivity index is 1.41. The number of hydrogen-bond acceptors (Lipinski definition) is 4. The fourth-order valence-corrected chi connectivity index (χ4v) is 4.59. The van der Waals surface area contributed by atoms with Crippen molar-refractivity contribution in [3.05, 3.63) is 90.5 Å². The van der Waals surface area contributed by atoms with Gasteiger partial charge < -0.3 is 10.4 Å². The number of nitrogens with one attached hydrogen (secondary N) is 1. The largest absolute Gasteiger partial charge is 0.507 e. The molecule has 0 aliphatic heterocycles. The van der Waals surface area contributed by atoms with Gasteiger partial charge in [0.1, 0.15) is 10.8 Å². The Labute approximate surface area is 177 Å². The molecule has 2 N–H and O–H groups in total. The molecule has 0 spiro atoms. The number of phenolic OH excluding ortho intramolecular Hbond substituents is 1. The lowest BCUT2D eigenvalue weighted by atomic mass is 10.0. The van der Waals surface area contributed by atoms with Crippen molar-refractivity contribution in [3.63, 3.8) is 0 Å². The van der Waals surface area contributed by atoms with Gasteiger partial charge in [0.25, 0.3) is 0 Å². The minimum atomic E-state index is -0.104. The molecule has 0 saturated carbocycles. The molecule has 0 radical (unpaired) electrons. The second-order valence-corrected chi connectivity index (χ2v) is 8.11. The molecule has 0 fully saturated rings. The van der Waals surface area contributed by atoms with Gasteiger partial charge >= 0.3 is 0 Å². The van der Waals surface area contributed by atoms with E-state index in [9.17, 15) is 9.90 Å². The van der Waals surface area contributed by atoms with Gasteiger partial charge in [0.2, 0.25) is 5.91 Å². The normalized spacial score (nSPS) is 11.1. The standard InChI is InChI=1S/C25H18N2O2S/c28-22-13-12-18(15-20(22)25-27-21-10-3-4-11-23(21)30-25)26-24(29)14-17-8-5-7-16-6-1-2-9-19(16)17/h1-13,15,28H,14H2,(H,26,29). The van der Waals surface area contributed by atoms with Crippen LogP contribution < -0.4 is 5.32 Å². The van der Waals surface area contributed by atoms with Gasteiger partial charge in [-0.3, -0.25) is 4.79 Å². The zero-order valence-corrected chi connectivity index (χ0v) is 16.8. The van der Waals surface area contributed by atoms with Crippen molar-refractivity contribution in [2.24, 2.45) is 0 Å². The maximum Gasteiger partial charge on any atom is 0.228 e. The number of rotatable bonds is 4. The summed E-state index contributed by atoms with van der Waals surface area (Å²) in [5.74, 6) is 0.0356. The van der Waals surface area contributed by atoms with Crippen molar-refractivity contribution in [2.45, 2.75) is 6.42 Å². The van der Waals surface area contributed by atoms with E-state index in [1.165, 1.54) is 11.3 Å². The van der Waals surface area contributed by atoms with Gasteiger partial charge in [0.05, 0.1) is 22.2 Å². The molecule has 0 atom stereocenters. The summed E-state index contributed by atoms with van der Waals surface area (Å²) in [7, 11) is 0. The highest BCUT2D eigenvalue weighted by atomic mass is 32.1. The van der Waals surface area contributed by atoms with Crippen LogP contribution in [0.2, 0.25) is 0 Å². The van der Waals surface area contributed by atoms with E-state index in [0.29, 0.717) is 11.3 Å². The van der Waals surface area contributed by atoms with Gasteiger partial charge in [0, 0.05) is 5.69 Å². The van der Waals surface area contributed by atoms with Crippen LogP contribution in [0, 0.1) is 0 Å². The lowest BCUT2D eigenvalue weighted by molar-refractivity contribution is -0.115. The first-order valence-corrected chi connectivity index (χ1v) is 10.4. The van der Waals surface area contributed by atoms with E-state index >= 15 is 0 Å². The first-order valence-electron chi connectivity index (χ1n) is 9.63. The SMILES string of the molecule is O=C(Cc1cccc2ccccc12)Nc1ccc(O)c(-c2nc3ccccc3s2)c1. The fraction of sp³-hybridized carbons (Fsp3) is 0.0400. The third-order valence-corrected chi connectivity index (χ3v) is 6.11. The first kappa shape index (κ1) is 18.3. The summed E-state index contributed by atoms with van der Waals surface area (Å²) in [6, 6.07) is 27.0. The van der Waals surface area contributed by atoms with Crippen LogP contribution in [0.25, 0.3) is 31.6 Å². The van der Waals surface area contributed by atoms with Crippen LogP contribution in [0.1, 0.15) is 5.56 Å². The molecule has 4 nitrogen and oxygen atoms in total. The molecule has 146 valence electrons. The maximum absolute atomic E-state index is 12.7. The van der Waals surface area contributed by atoms with Crippen molar-refractivity contribution in [1.29, 1.82) is 0 Å². The Morgan fingerprint density at radius 2 is 1.73 bits per heavy atom. The van der Waals surface area contributed by atoms with Gasteiger partial charge in [-0.1, -0.05) is 54.6 Å². The summed E-state index contributed by atoms with van der Waals surface area (Å²) < 4.78 is 1.05. The van der Waals surface area contributed by atoms with E-state index in [-0.39, 0.29) is 18.1 Å². The number of thiazole rings is 1. The highest BCUT2D eigenvalue weighted by Gasteiger charge is 2.13. The molecule has 0 aliphatic rings. The number of nitrogens with zero attached hydrogens (tertiary/aromatic N) is 1. The van der Waals surface area contributed by atoms with Crippen LogP contribution in [0.3, 0.4) is 0 Å². The second-order valence-electron chi connectivity index (χ2n) is 7.08. The highest BCUT2D eigenvalue weighted by molar-refractivity contribution is 7.21. The Kier molecular flexibility index (Phi) is 4.65. The van der Waals surface area contributed by atoms with E-state index < -0.39 is 0 Å². The number of fused-ring (bicyclic) bond motifs is 2. The topological polar surface area (TPSA) is 62.2 Å². The Bertz CT molecular complexity index is 1350. The van der Waals surface area contributed by atoms with Gasteiger partial charge in [-0.2, -0.15) is 0 Å². The number of para-hydroxylation sites is 1. The van der Waals surface area contributed by atoms with Crippen molar-refractivity contribution in [3.8, 4) is 16.3 Å². The third-order valence-electron chi connectivity index (χ3n) is 5.04. The van der Waals surface area contributed by atoms with E-state index in [4.69, 9.17) is 0 Å². The molecule has 0 aliphatic carbocycles. The van der Waals surface area contributed by atoms with E-state index in [2.05, 4.69) is 10.3 Å². The maximum atomic E-state index is 12.7. The van der Waals surface area contributed by atoms with Gasteiger partial charge in [-0.05, 0) is 46.7 Å². The monoisotopic (exact) mass is 410 g/mol. The number of benzene rings is 4. The van der Waals surface area contributed by atoms with Crippen LogP contribution in [0.4, 0.5) is 5.69 Å². The molecule has 0 saturated heterocycles. The van der Waals surface area contributed by atoms with Crippen molar-refractivity contribution in [2.75, 3.05) is 5.32 Å². The summed E-state index contributed by atoms with van der Waals surface area (Å²) in [6.45, 7) is 0. The van der Waals surface area contributed by atoms with Crippen LogP contribution in [-0.4, -0.2) is 16.0 Å². The molecule has 30 heavy (non-hydrogen) atoms. The average Bonchev–Trinajstić information content (AvgIpc) is 3.19. The third kappa shape index (κ3) is 3.51. The highest BCUT2D eigenvalue weighted by Crippen LogP contribution is 2.36. The number of hydrogen-bond donors (Lipinski definition) is 2. The zero-order chi connectivity index (χ0) is 20.5. The number of anilines is 1. The van der Waals surface area contributed by atoms with E-state index in [1.807, 2.05) is 66.7 Å². The summed E-state index contributed by atoms with van der Waals surface area (Å²) in [5, 5.41) is 16.2. The molecule has 5 heteroatoms. The summed E-state index contributed by atoms with van der Waals surface area (Å²) >= 11 is 1.51. The van der Waals surface area contributed by atoms with Crippen LogP contribution in [-0.2, 0) is 11.2 Å². The lowest BCUT2D eigenvalue weighted by Gasteiger charge is -2.10. The summed E-state index contributed by atoms with van der Waals surface area (Å²) in [5.41, 5.74) is 3.12. The molecule has 5 rings (SSSR count). The summed E-state index contributed by atoms with van der Waals surface area (Å²) in [4.78, 5) is 17.3. The number of amides is 1. The van der Waals surface area contributed by atoms with Crippen molar-refractivity contribution in [1.82, 2.24) is 4.98 Å². The molecule has 1 aromatic heterocycles. The molecular formula is C25H18N2O2S. The summed E-state index contributed by atoms with van der Waals surface area (Å²) in [6.07, 6.45) is 0.276. The number of aromatic hydroxyl groups is 1. The fourth-order valence-electron chi connectivity index (χ4n) is 3.60.